The molecule has 4 aromatic heterocycles. The van der Waals surface area contributed by atoms with E-state index in [2.05, 4.69) is 34.8 Å². The summed E-state index contributed by atoms with van der Waals surface area (Å²) in [5.41, 5.74) is 4.13. The monoisotopic (exact) mass is 525 g/mol. The maximum Gasteiger partial charge on any atom is 0.303 e. The van der Waals surface area contributed by atoms with E-state index < -0.39 is 14.0 Å². The summed E-state index contributed by atoms with van der Waals surface area (Å²) in [5.74, 6) is -0.694. The number of fused-ring (bicyclic) bond motifs is 4. The molecule has 0 radical (unpaired) electrons. The summed E-state index contributed by atoms with van der Waals surface area (Å²) in [4.78, 5) is 29.4. The topological polar surface area (TPSA) is 129 Å². The molecule has 0 bridgehead atoms. The predicted octanol–water partition coefficient (Wildman–Crippen LogP) is 3.17. The first-order chi connectivity index (χ1) is 17.2. The molecule has 5 rings (SSSR count). The minimum Gasteiger partial charge on any atom is -0.360 e. The van der Waals surface area contributed by atoms with E-state index in [-0.39, 0.29) is 17.1 Å². The summed E-state index contributed by atoms with van der Waals surface area (Å²) in [7, 11) is 0.568. The lowest BCUT2D eigenvalue weighted by atomic mass is 10.1. The maximum atomic E-state index is 13.4. The highest BCUT2D eigenvalue weighted by Gasteiger charge is 2.21. The molecule has 188 valence electrons. The van der Waals surface area contributed by atoms with Crippen molar-refractivity contribution in [2.75, 3.05) is 6.61 Å². The van der Waals surface area contributed by atoms with Crippen LogP contribution in [0, 0.1) is 0 Å². The highest BCUT2D eigenvalue weighted by Crippen LogP contribution is 2.30. The minimum atomic E-state index is -1.16. The van der Waals surface area contributed by atoms with Gasteiger partial charge in [-0.3, -0.25) is 14.8 Å². The van der Waals surface area contributed by atoms with Gasteiger partial charge < -0.3 is 9.30 Å². The standard InChI is InChI=1S/C23H27N7O4SSi/c1-28-18-16(19-20(28)26-22(35-19)21(31)27-33)11-24-29(23(18)32)12-14-6-5-7-17-15(14)10-25-30(17)13-34-8-9-36(2,3)4/h5-7,10-11,33H,8-9,12-13H2,1-4H3,(H,27,31). The van der Waals surface area contributed by atoms with Gasteiger partial charge in [0.1, 0.15) is 12.2 Å². The zero-order chi connectivity index (χ0) is 25.6. The van der Waals surface area contributed by atoms with Gasteiger partial charge in [-0.1, -0.05) is 31.8 Å². The molecule has 0 atom stereocenters. The lowest BCUT2D eigenvalue weighted by Crippen LogP contribution is -2.24. The van der Waals surface area contributed by atoms with Crippen molar-refractivity contribution in [1.29, 1.82) is 0 Å². The smallest absolute Gasteiger partial charge is 0.303 e. The van der Waals surface area contributed by atoms with Crippen LogP contribution in [-0.2, 0) is 25.1 Å². The molecule has 0 aliphatic heterocycles. The zero-order valence-corrected chi connectivity index (χ0v) is 22.3. The number of hydrogen-bond acceptors (Lipinski definition) is 8. The number of rotatable bonds is 8. The van der Waals surface area contributed by atoms with Gasteiger partial charge in [-0.25, -0.2) is 19.8 Å². The molecule has 0 saturated heterocycles. The Morgan fingerprint density at radius 3 is 2.67 bits per heavy atom. The van der Waals surface area contributed by atoms with Crippen molar-refractivity contribution in [1.82, 2.24) is 34.6 Å². The van der Waals surface area contributed by atoms with E-state index in [1.54, 1.807) is 29.5 Å². The number of ether oxygens (including phenoxy) is 1. The van der Waals surface area contributed by atoms with Crippen LogP contribution in [0.4, 0.5) is 0 Å². The zero-order valence-electron chi connectivity index (χ0n) is 20.5. The molecular weight excluding hydrogens is 498 g/mol. The van der Waals surface area contributed by atoms with Crippen LogP contribution >= 0.6 is 11.3 Å². The van der Waals surface area contributed by atoms with Crippen molar-refractivity contribution < 1.29 is 14.7 Å². The first-order valence-electron chi connectivity index (χ1n) is 11.5. The Kier molecular flexibility index (Phi) is 6.24. The second kappa shape index (κ2) is 9.24. The van der Waals surface area contributed by atoms with Crippen LogP contribution < -0.4 is 11.0 Å². The molecule has 0 fully saturated rings. The Labute approximate surface area is 210 Å². The molecule has 0 saturated carbocycles. The molecule has 0 aliphatic carbocycles. The lowest BCUT2D eigenvalue weighted by Gasteiger charge is -2.15. The average molecular weight is 526 g/mol. The number of thiazole rings is 1. The van der Waals surface area contributed by atoms with Crippen LogP contribution in [0.1, 0.15) is 15.4 Å². The Balaban J connectivity index is 1.44. The Hall–Kier alpha value is -3.39. The molecule has 1 amide bonds. The largest absolute Gasteiger partial charge is 0.360 e. The Morgan fingerprint density at radius 1 is 1.17 bits per heavy atom. The second-order valence-electron chi connectivity index (χ2n) is 9.88. The normalized spacial score (nSPS) is 12.2. The number of carbonyl (C=O) groups excluding carboxylic acids is 1. The Bertz CT molecular complexity index is 1660. The van der Waals surface area contributed by atoms with E-state index in [4.69, 9.17) is 9.94 Å². The molecule has 11 nitrogen and oxygen atoms in total. The van der Waals surface area contributed by atoms with Crippen molar-refractivity contribution in [2.45, 2.75) is 39.0 Å². The third-order valence-electron chi connectivity index (χ3n) is 6.13. The molecule has 36 heavy (non-hydrogen) atoms. The summed E-state index contributed by atoms with van der Waals surface area (Å²) < 4.78 is 11.5. The molecular formula is C23H27N7O4SSi. The van der Waals surface area contributed by atoms with Gasteiger partial charge in [0.05, 0.1) is 29.2 Å². The van der Waals surface area contributed by atoms with Gasteiger partial charge in [-0.15, -0.1) is 11.3 Å². The summed E-state index contributed by atoms with van der Waals surface area (Å²) in [6.07, 6.45) is 3.42. The van der Waals surface area contributed by atoms with Crippen molar-refractivity contribution >= 4 is 57.5 Å². The molecule has 2 N–H and O–H groups in total. The summed E-state index contributed by atoms with van der Waals surface area (Å²) in [6, 6.07) is 6.99. The van der Waals surface area contributed by atoms with Crippen LogP contribution in [0.2, 0.25) is 25.7 Å². The number of nitrogens with one attached hydrogen (secondary N) is 1. The van der Waals surface area contributed by atoms with Gasteiger partial charge in [0.25, 0.3) is 5.56 Å². The third kappa shape index (κ3) is 4.34. The van der Waals surface area contributed by atoms with E-state index in [1.165, 1.54) is 4.68 Å². The van der Waals surface area contributed by atoms with Gasteiger partial charge in [0, 0.05) is 32.5 Å². The number of hydrogen-bond donors (Lipinski definition) is 2. The third-order valence-corrected chi connectivity index (χ3v) is 8.91. The number of amides is 1. The van der Waals surface area contributed by atoms with Crippen LogP contribution in [0.5, 0.6) is 0 Å². The first-order valence-corrected chi connectivity index (χ1v) is 16.0. The fourth-order valence-electron chi connectivity index (χ4n) is 4.14. The molecule has 0 unspecified atom stereocenters. The van der Waals surface area contributed by atoms with E-state index >= 15 is 0 Å². The Morgan fingerprint density at radius 2 is 1.92 bits per heavy atom. The molecule has 0 aliphatic rings. The quantitative estimate of drug-likeness (QED) is 0.138. The van der Waals surface area contributed by atoms with E-state index in [0.29, 0.717) is 34.6 Å². The van der Waals surface area contributed by atoms with E-state index in [1.807, 2.05) is 22.9 Å². The van der Waals surface area contributed by atoms with Gasteiger partial charge in [0.2, 0.25) is 0 Å². The van der Waals surface area contributed by atoms with Crippen LogP contribution in [0.15, 0.2) is 35.4 Å². The van der Waals surface area contributed by atoms with Crippen LogP contribution in [0.25, 0.3) is 32.2 Å². The molecule has 4 heterocycles. The lowest BCUT2D eigenvalue weighted by molar-refractivity contribution is 0.0706. The van der Waals surface area contributed by atoms with Crippen molar-refractivity contribution in [3.05, 3.63) is 51.5 Å². The average Bonchev–Trinajstić information content (AvgIpc) is 3.52. The number of nitrogens with zero attached hydrogens (tertiary/aromatic N) is 6. The van der Waals surface area contributed by atoms with Gasteiger partial charge in [-0.05, 0) is 17.7 Å². The molecule has 13 heteroatoms. The summed E-state index contributed by atoms with van der Waals surface area (Å²) in [5, 5.41) is 19.5. The minimum absolute atomic E-state index is 0.109. The predicted molar refractivity (Wildman–Crippen MR) is 140 cm³/mol. The fraction of sp³-hybridized carbons (Fsp3) is 0.348. The molecule has 0 spiro atoms. The van der Waals surface area contributed by atoms with Crippen molar-refractivity contribution in [3.63, 3.8) is 0 Å². The first kappa shape index (κ1) is 24.3. The highest BCUT2D eigenvalue weighted by molar-refractivity contribution is 7.21. The van der Waals surface area contributed by atoms with E-state index in [9.17, 15) is 9.59 Å². The SMILES string of the molecule is Cn1c2nc(C(=O)NO)sc2c2cnn(Cc3cccc4c3cnn4COCC[Si](C)(C)C)c(=O)c21. The highest BCUT2D eigenvalue weighted by atomic mass is 32.1. The number of aryl methyl sites for hydroxylation is 1. The van der Waals surface area contributed by atoms with Crippen molar-refractivity contribution in [3.8, 4) is 0 Å². The number of aromatic nitrogens is 6. The van der Waals surface area contributed by atoms with E-state index in [0.717, 1.165) is 33.8 Å². The number of hydroxylamine groups is 1. The summed E-state index contributed by atoms with van der Waals surface area (Å²) >= 11 is 1.10. The van der Waals surface area contributed by atoms with Crippen molar-refractivity contribution in [2.24, 2.45) is 7.05 Å². The second-order valence-corrected chi connectivity index (χ2v) is 16.5. The molecule has 1 aromatic carbocycles. The van der Waals surface area contributed by atoms with Gasteiger partial charge in [-0.2, -0.15) is 10.2 Å². The fourth-order valence-corrected chi connectivity index (χ4v) is 5.90. The maximum absolute atomic E-state index is 13.4. The van der Waals surface area contributed by atoms with Gasteiger partial charge in [0.15, 0.2) is 10.7 Å². The molecule has 5 aromatic rings. The van der Waals surface area contributed by atoms with Crippen LogP contribution in [0.3, 0.4) is 0 Å². The number of benzene rings is 1. The number of carbonyl (C=O) groups is 1. The van der Waals surface area contributed by atoms with Gasteiger partial charge >= 0.3 is 5.91 Å². The van der Waals surface area contributed by atoms with Crippen LogP contribution in [-0.4, -0.2) is 54.9 Å². The summed E-state index contributed by atoms with van der Waals surface area (Å²) in [6.45, 7) is 8.33.